The molecule has 0 radical (unpaired) electrons. The molecule has 2 rings (SSSR count). The molecule has 0 bridgehead atoms. The molecule has 1 amide bonds. The van der Waals surface area contributed by atoms with E-state index >= 15 is 0 Å². The van der Waals surface area contributed by atoms with Gasteiger partial charge in [-0.05, 0) is 37.3 Å². The van der Waals surface area contributed by atoms with Crippen LogP contribution in [0.1, 0.15) is 36.6 Å². The molecule has 0 spiro atoms. The van der Waals surface area contributed by atoms with Crippen LogP contribution in [0.5, 0.6) is 0 Å². The third kappa shape index (κ3) is 3.03. The van der Waals surface area contributed by atoms with Crippen molar-refractivity contribution in [1.82, 2.24) is 4.90 Å². The topological polar surface area (TPSA) is 57.6 Å². The molecule has 1 aromatic rings. The highest BCUT2D eigenvalue weighted by Gasteiger charge is 2.46. The molecule has 1 aliphatic carbocycles. The van der Waals surface area contributed by atoms with Crippen LogP contribution in [-0.2, 0) is 9.59 Å². The minimum absolute atomic E-state index is 0.0493. The summed E-state index contributed by atoms with van der Waals surface area (Å²) in [4.78, 5) is 26.4. The average molecular weight is 295 g/mol. The molecule has 0 aromatic carbocycles. The van der Waals surface area contributed by atoms with Gasteiger partial charge in [0.15, 0.2) is 0 Å². The van der Waals surface area contributed by atoms with Crippen molar-refractivity contribution in [2.75, 3.05) is 13.1 Å². The van der Waals surface area contributed by atoms with Gasteiger partial charge in [-0.3, -0.25) is 9.59 Å². The van der Waals surface area contributed by atoms with E-state index in [1.807, 2.05) is 6.92 Å². The van der Waals surface area contributed by atoms with Crippen LogP contribution in [0.2, 0.25) is 0 Å². The number of carbonyl (C=O) groups excluding carboxylic acids is 1. The quantitative estimate of drug-likeness (QED) is 0.878. The van der Waals surface area contributed by atoms with E-state index in [4.69, 9.17) is 5.11 Å². The summed E-state index contributed by atoms with van der Waals surface area (Å²) in [5.74, 6) is -0.861. The zero-order valence-electron chi connectivity index (χ0n) is 12.1. The molecule has 3 atom stereocenters. The van der Waals surface area contributed by atoms with Crippen molar-refractivity contribution in [3.63, 3.8) is 0 Å². The second kappa shape index (κ2) is 5.95. The minimum atomic E-state index is -0.849. The maximum absolute atomic E-state index is 12.4. The Morgan fingerprint density at radius 3 is 2.75 bits per heavy atom. The summed E-state index contributed by atoms with van der Waals surface area (Å²) in [5, 5.41) is 11.0. The number of nitrogens with zero attached hydrogens (tertiary/aromatic N) is 1. The molecule has 0 saturated heterocycles. The Morgan fingerprint density at radius 2 is 2.25 bits per heavy atom. The fourth-order valence-electron chi connectivity index (χ4n) is 2.54. The Hall–Kier alpha value is -1.36. The summed E-state index contributed by atoms with van der Waals surface area (Å²) >= 11 is 1.71. The third-order valence-electron chi connectivity index (χ3n) is 3.96. The van der Waals surface area contributed by atoms with Crippen molar-refractivity contribution in [3.8, 4) is 0 Å². The molecule has 110 valence electrons. The number of hydrogen-bond donors (Lipinski definition) is 1. The van der Waals surface area contributed by atoms with Crippen LogP contribution >= 0.6 is 11.3 Å². The Balaban J connectivity index is 1.98. The first kappa shape index (κ1) is 15.0. The number of thiophene rings is 1. The Kier molecular flexibility index (Phi) is 4.48. The predicted octanol–water partition coefficient (Wildman–Crippen LogP) is 2.73. The van der Waals surface area contributed by atoms with E-state index in [1.54, 1.807) is 23.2 Å². The van der Waals surface area contributed by atoms with Gasteiger partial charge in [-0.1, -0.05) is 6.92 Å². The highest BCUT2D eigenvalue weighted by Crippen LogP contribution is 2.51. The largest absolute Gasteiger partial charge is 0.481 e. The summed E-state index contributed by atoms with van der Waals surface area (Å²) in [6, 6.07) is 2.09. The van der Waals surface area contributed by atoms with E-state index in [0.717, 1.165) is 6.42 Å². The summed E-state index contributed by atoms with van der Waals surface area (Å²) in [6.45, 7) is 6.50. The maximum Gasteiger partial charge on any atom is 0.308 e. The van der Waals surface area contributed by atoms with Crippen molar-refractivity contribution in [3.05, 3.63) is 21.9 Å². The van der Waals surface area contributed by atoms with Crippen molar-refractivity contribution < 1.29 is 14.7 Å². The van der Waals surface area contributed by atoms with Crippen LogP contribution in [0.25, 0.3) is 0 Å². The van der Waals surface area contributed by atoms with Gasteiger partial charge in [0.05, 0.1) is 5.92 Å². The molecule has 1 heterocycles. The molecule has 1 N–H and O–H groups in total. The molecular formula is C15H21NO3S. The van der Waals surface area contributed by atoms with Gasteiger partial charge in [0.1, 0.15) is 0 Å². The SMILES string of the molecule is CCN(C[C@H](C)C(=O)O)C(=O)[C@@H]1C[C@H]1c1sccc1C. The second-order valence-electron chi connectivity index (χ2n) is 5.53. The molecule has 0 aliphatic heterocycles. The molecule has 1 saturated carbocycles. The molecule has 4 nitrogen and oxygen atoms in total. The molecule has 5 heteroatoms. The molecule has 1 aromatic heterocycles. The van der Waals surface area contributed by atoms with Gasteiger partial charge in [-0.15, -0.1) is 11.3 Å². The first-order valence-corrected chi connectivity index (χ1v) is 7.89. The lowest BCUT2D eigenvalue weighted by atomic mass is 10.1. The van der Waals surface area contributed by atoms with Gasteiger partial charge in [0.25, 0.3) is 0 Å². The highest BCUT2D eigenvalue weighted by atomic mass is 32.1. The van der Waals surface area contributed by atoms with E-state index in [2.05, 4.69) is 18.4 Å². The first-order valence-electron chi connectivity index (χ1n) is 7.01. The van der Waals surface area contributed by atoms with E-state index in [0.29, 0.717) is 19.0 Å². The lowest BCUT2D eigenvalue weighted by Gasteiger charge is -2.23. The number of rotatable bonds is 6. The lowest BCUT2D eigenvalue weighted by molar-refractivity contribution is -0.143. The van der Waals surface area contributed by atoms with Crippen molar-refractivity contribution in [1.29, 1.82) is 0 Å². The molecule has 20 heavy (non-hydrogen) atoms. The van der Waals surface area contributed by atoms with Crippen molar-refractivity contribution >= 4 is 23.2 Å². The number of aliphatic carboxylic acids is 1. The van der Waals surface area contributed by atoms with Gasteiger partial charge >= 0.3 is 5.97 Å². The number of hydrogen-bond acceptors (Lipinski definition) is 3. The van der Waals surface area contributed by atoms with Crippen LogP contribution in [0.15, 0.2) is 11.4 Å². The number of carboxylic acids is 1. The molecule has 1 aliphatic rings. The second-order valence-corrected chi connectivity index (χ2v) is 6.48. The summed E-state index contributed by atoms with van der Waals surface area (Å²) in [5.41, 5.74) is 1.26. The van der Waals surface area contributed by atoms with Gasteiger partial charge < -0.3 is 10.0 Å². The molecule has 0 unspecified atom stereocenters. The normalized spacial score (nSPS) is 22.4. The van der Waals surface area contributed by atoms with E-state index < -0.39 is 11.9 Å². The van der Waals surface area contributed by atoms with Crippen molar-refractivity contribution in [2.45, 2.75) is 33.1 Å². The van der Waals surface area contributed by atoms with E-state index in [-0.39, 0.29) is 11.8 Å². The van der Waals surface area contributed by atoms with Crippen LogP contribution in [0.4, 0.5) is 0 Å². The van der Waals surface area contributed by atoms with Crippen LogP contribution in [-0.4, -0.2) is 35.0 Å². The Bertz CT molecular complexity index is 511. The first-order chi connectivity index (χ1) is 9.45. The summed E-state index contributed by atoms with van der Waals surface area (Å²) in [6.07, 6.45) is 0.901. The number of aryl methyl sites for hydroxylation is 1. The fourth-order valence-corrected chi connectivity index (χ4v) is 3.65. The van der Waals surface area contributed by atoms with Crippen molar-refractivity contribution in [2.24, 2.45) is 11.8 Å². The van der Waals surface area contributed by atoms with Gasteiger partial charge in [-0.25, -0.2) is 0 Å². The number of carboxylic acid groups (broad SMARTS) is 1. The van der Waals surface area contributed by atoms with Gasteiger partial charge in [0.2, 0.25) is 5.91 Å². The van der Waals surface area contributed by atoms with Crippen LogP contribution in [0.3, 0.4) is 0 Å². The molecule has 1 fully saturated rings. The minimum Gasteiger partial charge on any atom is -0.481 e. The van der Waals surface area contributed by atoms with Gasteiger partial charge in [0, 0.05) is 29.8 Å². The average Bonchev–Trinajstić information content (AvgIpc) is 3.09. The fraction of sp³-hybridized carbons (Fsp3) is 0.600. The predicted molar refractivity (Wildman–Crippen MR) is 79.0 cm³/mol. The highest BCUT2D eigenvalue weighted by molar-refractivity contribution is 7.10. The third-order valence-corrected chi connectivity index (χ3v) is 5.11. The number of amides is 1. The zero-order chi connectivity index (χ0) is 14.9. The lowest BCUT2D eigenvalue weighted by Crippen LogP contribution is -2.37. The standard InChI is InChI=1S/C15H21NO3S/c1-4-16(8-10(3)15(18)19)14(17)12-7-11(12)13-9(2)5-6-20-13/h5-6,10-12H,4,7-8H2,1-3H3,(H,18,19)/t10-,11+,12+/m0/s1. The van der Waals surface area contributed by atoms with Crippen LogP contribution < -0.4 is 0 Å². The zero-order valence-corrected chi connectivity index (χ0v) is 12.9. The smallest absolute Gasteiger partial charge is 0.308 e. The molecular weight excluding hydrogens is 274 g/mol. The summed E-state index contributed by atoms with van der Waals surface area (Å²) in [7, 11) is 0. The van der Waals surface area contributed by atoms with Gasteiger partial charge in [-0.2, -0.15) is 0 Å². The monoisotopic (exact) mass is 295 g/mol. The Morgan fingerprint density at radius 1 is 1.55 bits per heavy atom. The summed E-state index contributed by atoms with van der Waals surface area (Å²) < 4.78 is 0. The van der Waals surface area contributed by atoms with Crippen LogP contribution in [0, 0.1) is 18.8 Å². The number of carbonyl (C=O) groups is 2. The maximum atomic E-state index is 12.4. The van der Waals surface area contributed by atoms with E-state index in [9.17, 15) is 9.59 Å². The Labute approximate surface area is 123 Å². The van der Waals surface area contributed by atoms with E-state index in [1.165, 1.54) is 10.4 Å².